The minimum absolute atomic E-state index is 0.0757. The number of hydrogen-bond acceptors (Lipinski definition) is 1. The zero-order valence-corrected chi connectivity index (χ0v) is 27.2. The van der Waals surface area contributed by atoms with Crippen molar-refractivity contribution in [2.24, 2.45) is 0 Å². The number of anilines is 3. The predicted molar refractivity (Wildman–Crippen MR) is 205 cm³/mol. The van der Waals surface area contributed by atoms with E-state index in [1.165, 1.54) is 66.1 Å². The Morgan fingerprint density at radius 2 is 1.02 bits per heavy atom. The number of fused-ring (bicyclic) bond motifs is 5. The molecule has 8 aromatic carbocycles. The maximum Gasteiger partial charge on any atom is 0.0546 e. The van der Waals surface area contributed by atoms with E-state index in [2.05, 4.69) is 195 Å². The molecule has 0 spiro atoms. The monoisotopic (exact) mass is 613 g/mol. The smallest absolute Gasteiger partial charge is 0.0546 e. The van der Waals surface area contributed by atoms with Crippen LogP contribution in [0.3, 0.4) is 0 Å². The van der Waals surface area contributed by atoms with Crippen LogP contribution in [0.25, 0.3) is 54.9 Å². The van der Waals surface area contributed by atoms with Crippen molar-refractivity contribution in [3.63, 3.8) is 0 Å². The van der Waals surface area contributed by atoms with Gasteiger partial charge in [-0.15, -0.1) is 0 Å². The number of nitrogens with zero attached hydrogens (tertiary/aromatic N) is 1. The quantitative estimate of drug-likeness (QED) is 0.187. The summed E-state index contributed by atoms with van der Waals surface area (Å²) in [6.07, 6.45) is 0. The van der Waals surface area contributed by atoms with Crippen molar-refractivity contribution in [3.8, 4) is 33.4 Å². The molecule has 9 rings (SSSR count). The van der Waals surface area contributed by atoms with E-state index in [0.29, 0.717) is 0 Å². The van der Waals surface area contributed by atoms with Gasteiger partial charge in [0.1, 0.15) is 0 Å². The van der Waals surface area contributed by atoms with Crippen LogP contribution in [0.5, 0.6) is 0 Å². The first-order valence-electron chi connectivity index (χ1n) is 16.8. The Hall–Kier alpha value is -5.92. The van der Waals surface area contributed by atoms with E-state index < -0.39 is 0 Å². The molecule has 0 fully saturated rings. The number of benzene rings is 8. The van der Waals surface area contributed by atoms with Gasteiger partial charge in [0.15, 0.2) is 0 Å². The number of para-hydroxylation sites is 1. The van der Waals surface area contributed by atoms with Crippen LogP contribution in [-0.2, 0) is 5.41 Å². The van der Waals surface area contributed by atoms with Gasteiger partial charge in [-0.2, -0.15) is 0 Å². The van der Waals surface area contributed by atoms with Gasteiger partial charge < -0.3 is 4.90 Å². The third-order valence-corrected chi connectivity index (χ3v) is 10.2. The molecule has 1 nitrogen and oxygen atoms in total. The molecule has 0 amide bonds. The van der Waals surface area contributed by atoms with Crippen LogP contribution in [0.4, 0.5) is 17.1 Å². The summed E-state index contributed by atoms with van der Waals surface area (Å²) in [7, 11) is 0. The average Bonchev–Trinajstić information content (AvgIpc) is 3.38. The van der Waals surface area contributed by atoms with Gasteiger partial charge in [-0.05, 0) is 79.2 Å². The molecule has 1 aliphatic rings. The van der Waals surface area contributed by atoms with Crippen molar-refractivity contribution in [1.82, 2.24) is 0 Å². The van der Waals surface area contributed by atoms with Gasteiger partial charge in [0.05, 0.1) is 11.4 Å². The van der Waals surface area contributed by atoms with Crippen molar-refractivity contribution in [1.29, 1.82) is 0 Å². The zero-order valence-electron chi connectivity index (χ0n) is 27.2. The van der Waals surface area contributed by atoms with Crippen molar-refractivity contribution in [2.75, 3.05) is 4.90 Å². The van der Waals surface area contributed by atoms with E-state index in [1.54, 1.807) is 0 Å². The largest absolute Gasteiger partial charge is 0.309 e. The Balaban J connectivity index is 1.37. The first-order chi connectivity index (χ1) is 23.6. The molecule has 0 aliphatic heterocycles. The lowest BCUT2D eigenvalue weighted by Gasteiger charge is -2.31. The van der Waals surface area contributed by atoms with Crippen LogP contribution in [0.2, 0.25) is 0 Å². The van der Waals surface area contributed by atoms with E-state index in [-0.39, 0.29) is 5.41 Å². The molecular weight excluding hydrogens is 579 g/mol. The van der Waals surface area contributed by atoms with Gasteiger partial charge in [-0.3, -0.25) is 0 Å². The topological polar surface area (TPSA) is 3.24 Å². The van der Waals surface area contributed by atoms with Crippen LogP contribution in [0, 0.1) is 0 Å². The minimum atomic E-state index is -0.0757. The Bertz CT molecular complexity index is 2490. The van der Waals surface area contributed by atoms with E-state index in [9.17, 15) is 0 Å². The Morgan fingerprint density at radius 3 is 1.88 bits per heavy atom. The summed E-state index contributed by atoms with van der Waals surface area (Å²) in [5, 5.41) is 4.92. The molecule has 0 radical (unpaired) electrons. The molecule has 0 bridgehead atoms. The Kier molecular flexibility index (Phi) is 6.55. The fraction of sp³-hybridized carbons (Fsp3) is 0.0638. The zero-order chi connectivity index (χ0) is 32.2. The highest BCUT2D eigenvalue weighted by Crippen LogP contribution is 2.54. The molecule has 0 saturated carbocycles. The number of rotatable bonds is 5. The fourth-order valence-electron chi connectivity index (χ4n) is 7.95. The van der Waals surface area contributed by atoms with Crippen LogP contribution in [0.1, 0.15) is 25.0 Å². The van der Waals surface area contributed by atoms with E-state index in [1.807, 2.05) is 0 Å². The second-order valence-electron chi connectivity index (χ2n) is 13.3. The summed E-state index contributed by atoms with van der Waals surface area (Å²) in [5.41, 5.74) is 13.7. The van der Waals surface area contributed by atoms with Crippen LogP contribution in [-0.4, -0.2) is 0 Å². The summed E-state index contributed by atoms with van der Waals surface area (Å²) in [4.78, 5) is 2.49. The molecule has 0 saturated heterocycles. The summed E-state index contributed by atoms with van der Waals surface area (Å²) in [6.45, 7) is 4.71. The van der Waals surface area contributed by atoms with Crippen LogP contribution >= 0.6 is 0 Å². The maximum atomic E-state index is 2.49. The predicted octanol–water partition coefficient (Wildman–Crippen LogP) is 13.1. The molecule has 1 heteroatoms. The maximum absolute atomic E-state index is 2.49. The first kappa shape index (κ1) is 28.3. The van der Waals surface area contributed by atoms with Gasteiger partial charge >= 0.3 is 0 Å². The average molecular weight is 614 g/mol. The van der Waals surface area contributed by atoms with E-state index >= 15 is 0 Å². The summed E-state index contributed by atoms with van der Waals surface area (Å²) in [6, 6.07) is 64.5. The summed E-state index contributed by atoms with van der Waals surface area (Å²) < 4.78 is 0. The van der Waals surface area contributed by atoms with Crippen molar-refractivity contribution in [3.05, 3.63) is 187 Å². The van der Waals surface area contributed by atoms with Crippen LogP contribution < -0.4 is 4.90 Å². The van der Waals surface area contributed by atoms with E-state index in [4.69, 9.17) is 0 Å². The summed E-state index contributed by atoms with van der Waals surface area (Å²) >= 11 is 0. The third kappa shape index (κ3) is 4.39. The highest BCUT2D eigenvalue weighted by atomic mass is 15.1. The normalized spacial score (nSPS) is 13.0. The third-order valence-electron chi connectivity index (χ3n) is 10.2. The fourth-order valence-corrected chi connectivity index (χ4v) is 7.95. The van der Waals surface area contributed by atoms with Gasteiger partial charge in [-0.25, -0.2) is 0 Å². The SMILES string of the molecule is CC1(C)c2ccccc2-c2c(-c3ccccc3N(c3ccc4ccccc4c3)c3ccc4ccccc4c3-c3ccccc3)cccc21. The molecule has 0 atom stereocenters. The Morgan fingerprint density at radius 1 is 0.396 bits per heavy atom. The molecule has 0 heterocycles. The lowest BCUT2D eigenvalue weighted by molar-refractivity contribution is 0.660. The Labute approximate surface area is 282 Å². The second kappa shape index (κ2) is 11.1. The van der Waals surface area contributed by atoms with Crippen molar-refractivity contribution in [2.45, 2.75) is 19.3 Å². The van der Waals surface area contributed by atoms with Gasteiger partial charge in [0, 0.05) is 22.2 Å². The molecule has 48 heavy (non-hydrogen) atoms. The van der Waals surface area contributed by atoms with Gasteiger partial charge in [-0.1, -0.05) is 166 Å². The van der Waals surface area contributed by atoms with Crippen molar-refractivity contribution < 1.29 is 0 Å². The van der Waals surface area contributed by atoms with Crippen LogP contribution in [0.15, 0.2) is 176 Å². The number of hydrogen-bond donors (Lipinski definition) is 0. The van der Waals surface area contributed by atoms with Crippen molar-refractivity contribution >= 4 is 38.6 Å². The molecule has 0 N–H and O–H groups in total. The highest BCUT2D eigenvalue weighted by molar-refractivity contribution is 6.07. The molecule has 0 unspecified atom stereocenters. The van der Waals surface area contributed by atoms with E-state index in [0.717, 1.165) is 17.1 Å². The minimum Gasteiger partial charge on any atom is -0.309 e. The highest BCUT2D eigenvalue weighted by Gasteiger charge is 2.37. The molecule has 1 aliphatic carbocycles. The summed E-state index contributed by atoms with van der Waals surface area (Å²) in [5.74, 6) is 0. The second-order valence-corrected chi connectivity index (χ2v) is 13.3. The molecular formula is C47H35N. The first-order valence-corrected chi connectivity index (χ1v) is 16.8. The lowest BCUT2D eigenvalue weighted by atomic mass is 9.82. The molecule has 228 valence electrons. The standard InChI is InChI=1S/C47H35N/c1-47(2)41-24-12-10-22-40(41)46-39(23-14-25-42(46)47)38-21-11-13-26-43(38)48(36-29-27-32-15-6-7-19-35(32)31-36)44-30-28-33-16-8-9-20-37(33)45(44)34-17-4-3-5-18-34/h3-31H,1-2H3. The van der Waals surface area contributed by atoms with Gasteiger partial charge in [0.2, 0.25) is 0 Å². The van der Waals surface area contributed by atoms with Gasteiger partial charge in [0.25, 0.3) is 0 Å². The molecule has 0 aromatic heterocycles. The molecule has 8 aromatic rings. The lowest BCUT2D eigenvalue weighted by Crippen LogP contribution is -2.15.